The smallest absolute Gasteiger partial charge is 0.253 e. The number of aryl methyl sites for hydroxylation is 1. The first-order valence-electron chi connectivity index (χ1n) is 7.68. The van der Waals surface area contributed by atoms with Crippen LogP contribution < -0.4 is 11.1 Å². The Morgan fingerprint density at radius 1 is 1.33 bits per heavy atom. The molecule has 1 unspecified atom stereocenters. The predicted molar refractivity (Wildman–Crippen MR) is 101 cm³/mol. The second-order valence-corrected chi connectivity index (χ2v) is 5.36. The van der Waals surface area contributed by atoms with Crippen LogP contribution in [0.25, 0.3) is 11.5 Å². The van der Waals surface area contributed by atoms with Crippen LogP contribution >= 0.6 is 24.8 Å². The summed E-state index contributed by atoms with van der Waals surface area (Å²) in [5.41, 5.74) is 7.70. The number of rotatable bonds is 7. The van der Waals surface area contributed by atoms with E-state index in [9.17, 15) is 4.79 Å². The van der Waals surface area contributed by atoms with Gasteiger partial charge in [0.25, 0.3) is 5.91 Å². The van der Waals surface area contributed by atoms with Gasteiger partial charge in [-0.2, -0.15) is 0 Å². The number of hydrogen-bond acceptors (Lipinski definition) is 4. The summed E-state index contributed by atoms with van der Waals surface area (Å²) in [7, 11) is 0. The van der Waals surface area contributed by atoms with Crippen LogP contribution in [0.15, 0.2) is 34.9 Å². The lowest BCUT2D eigenvalue weighted by molar-refractivity contribution is 0.0934. The lowest BCUT2D eigenvalue weighted by Gasteiger charge is -2.17. The SMILES string of the molecule is CCCCC(CN)NC(=O)c1ccc(-c2ccco2)nc1C.Cl.Cl. The summed E-state index contributed by atoms with van der Waals surface area (Å²) in [6, 6.07) is 7.24. The van der Waals surface area contributed by atoms with Crippen molar-refractivity contribution in [1.29, 1.82) is 0 Å². The molecule has 2 rings (SSSR count). The molecule has 5 nitrogen and oxygen atoms in total. The van der Waals surface area contributed by atoms with Crippen LogP contribution in [0.2, 0.25) is 0 Å². The van der Waals surface area contributed by atoms with Crippen molar-refractivity contribution in [1.82, 2.24) is 10.3 Å². The number of nitrogens with two attached hydrogens (primary N) is 1. The highest BCUT2D eigenvalue weighted by Crippen LogP contribution is 2.19. The molecule has 7 heteroatoms. The number of carbonyl (C=O) groups excluding carboxylic acids is 1. The molecule has 0 aliphatic carbocycles. The average molecular weight is 374 g/mol. The van der Waals surface area contributed by atoms with E-state index >= 15 is 0 Å². The number of amides is 1. The molecular formula is C17H25Cl2N3O2. The lowest BCUT2D eigenvalue weighted by Crippen LogP contribution is -2.40. The van der Waals surface area contributed by atoms with Crippen LogP contribution in [0.1, 0.15) is 42.2 Å². The van der Waals surface area contributed by atoms with Gasteiger partial charge in [0, 0.05) is 12.6 Å². The minimum absolute atomic E-state index is 0. The van der Waals surface area contributed by atoms with E-state index in [2.05, 4.69) is 17.2 Å². The van der Waals surface area contributed by atoms with Crippen molar-refractivity contribution in [3.8, 4) is 11.5 Å². The van der Waals surface area contributed by atoms with Gasteiger partial charge in [0.2, 0.25) is 0 Å². The summed E-state index contributed by atoms with van der Waals surface area (Å²) in [5, 5.41) is 2.99. The summed E-state index contributed by atoms with van der Waals surface area (Å²) in [6.45, 7) is 4.39. The van der Waals surface area contributed by atoms with Gasteiger partial charge in [-0.15, -0.1) is 24.8 Å². The van der Waals surface area contributed by atoms with Crippen molar-refractivity contribution in [3.05, 3.63) is 41.8 Å². The van der Waals surface area contributed by atoms with Crippen LogP contribution in [0.3, 0.4) is 0 Å². The largest absolute Gasteiger partial charge is 0.463 e. The number of unbranched alkanes of at least 4 members (excludes halogenated alkanes) is 1. The Labute approximate surface area is 155 Å². The van der Waals surface area contributed by atoms with E-state index in [-0.39, 0.29) is 36.8 Å². The van der Waals surface area contributed by atoms with E-state index in [1.165, 1.54) is 0 Å². The number of aromatic nitrogens is 1. The second-order valence-electron chi connectivity index (χ2n) is 5.36. The van der Waals surface area contributed by atoms with Crippen LogP contribution in [-0.2, 0) is 0 Å². The third-order valence-electron chi connectivity index (χ3n) is 3.63. The van der Waals surface area contributed by atoms with E-state index in [0.29, 0.717) is 23.6 Å². The average Bonchev–Trinajstić information content (AvgIpc) is 3.05. The molecule has 0 spiro atoms. The summed E-state index contributed by atoms with van der Waals surface area (Å²) in [4.78, 5) is 16.8. The highest BCUT2D eigenvalue weighted by molar-refractivity contribution is 5.95. The summed E-state index contributed by atoms with van der Waals surface area (Å²) < 4.78 is 5.32. The highest BCUT2D eigenvalue weighted by atomic mass is 35.5. The van der Waals surface area contributed by atoms with Gasteiger partial charge in [-0.25, -0.2) is 4.98 Å². The first-order chi connectivity index (χ1) is 10.7. The van der Waals surface area contributed by atoms with Gasteiger partial charge in [-0.3, -0.25) is 4.79 Å². The number of hydrogen-bond donors (Lipinski definition) is 2. The van der Waals surface area contributed by atoms with Gasteiger partial charge in [0.15, 0.2) is 5.76 Å². The van der Waals surface area contributed by atoms with Crippen molar-refractivity contribution in [2.75, 3.05) is 6.54 Å². The van der Waals surface area contributed by atoms with Gasteiger partial charge >= 0.3 is 0 Å². The minimum atomic E-state index is -0.123. The molecule has 2 heterocycles. The van der Waals surface area contributed by atoms with Crippen LogP contribution in [0.4, 0.5) is 0 Å². The lowest BCUT2D eigenvalue weighted by atomic mass is 10.1. The molecule has 0 saturated carbocycles. The number of pyridine rings is 1. The monoisotopic (exact) mass is 373 g/mol. The van der Waals surface area contributed by atoms with E-state index in [0.717, 1.165) is 25.0 Å². The zero-order valence-electron chi connectivity index (χ0n) is 14.0. The van der Waals surface area contributed by atoms with Crippen LogP contribution in [0, 0.1) is 6.92 Å². The van der Waals surface area contributed by atoms with Crippen molar-refractivity contribution < 1.29 is 9.21 Å². The molecule has 3 N–H and O–H groups in total. The van der Waals surface area contributed by atoms with Gasteiger partial charge in [0.05, 0.1) is 17.5 Å². The van der Waals surface area contributed by atoms with Gasteiger partial charge in [-0.1, -0.05) is 19.8 Å². The quantitative estimate of drug-likeness (QED) is 0.774. The van der Waals surface area contributed by atoms with E-state index in [1.807, 2.05) is 19.1 Å². The number of furan rings is 1. The zero-order valence-corrected chi connectivity index (χ0v) is 15.6. The maximum Gasteiger partial charge on any atom is 0.253 e. The molecule has 134 valence electrons. The summed E-state index contributed by atoms with van der Waals surface area (Å²) in [6.07, 6.45) is 4.64. The predicted octanol–water partition coefficient (Wildman–Crippen LogP) is 3.74. The second kappa shape index (κ2) is 11.1. The number of nitrogens with one attached hydrogen (secondary N) is 1. The van der Waals surface area contributed by atoms with Gasteiger partial charge < -0.3 is 15.5 Å². The molecular weight excluding hydrogens is 349 g/mol. The summed E-state index contributed by atoms with van der Waals surface area (Å²) >= 11 is 0. The third kappa shape index (κ3) is 5.82. The Bertz CT molecular complexity index is 618. The minimum Gasteiger partial charge on any atom is -0.463 e. The normalized spacial score (nSPS) is 11.1. The topological polar surface area (TPSA) is 81.1 Å². The molecule has 0 aromatic carbocycles. The molecule has 0 aliphatic heterocycles. The van der Waals surface area contributed by atoms with Crippen LogP contribution in [0.5, 0.6) is 0 Å². The Balaban J connectivity index is 0.00000264. The number of halogens is 2. The Morgan fingerprint density at radius 2 is 2.08 bits per heavy atom. The van der Waals surface area contributed by atoms with Gasteiger partial charge in [-0.05, 0) is 37.6 Å². The van der Waals surface area contributed by atoms with Crippen molar-refractivity contribution in [2.24, 2.45) is 5.73 Å². The number of nitrogens with zero attached hydrogens (tertiary/aromatic N) is 1. The Morgan fingerprint density at radius 3 is 2.62 bits per heavy atom. The van der Waals surface area contributed by atoms with Crippen molar-refractivity contribution >= 4 is 30.7 Å². The highest BCUT2D eigenvalue weighted by Gasteiger charge is 2.15. The molecule has 24 heavy (non-hydrogen) atoms. The van der Waals surface area contributed by atoms with Crippen molar-refractivity contribution in [2.45, 2.75) is 39.2 Å². The maximum absolute atomic E-state index is 12.4. The number of carbonyl (C=O) groups is 1. The summed E-state index contributed by atoms with van der Waals surface area (Å²) in [5.74, 6) is 0.570. The molecule has 0 fully saturated rings. The van der Waals surface area contributed by atoms with E-state index in [1.54, 1.807) is 18.4 Å². The fourth-order valence-corrected chi connectivity index (χ4v) is 2.33. The molecule has 2 aromatic rings. The first kappa shape index (κ1) is 22.4. The third-order valence-corrected chi connectivity index (χ3v) is 3.63. The first-order valence-corrected chi connectivity index (χ1v) is 7.68. The Kier molecular flexibility index (Phi) is 10.4. The fraction of sp³-hybridized carbons (Fsp3) is 0.412. The van der Waals surface area contributed by atoms with Crippen molar-refractivity contribution in [3.63, 3.8) is 0 Å². The molecule has 2 aromatic heterocycles. The molecule has 0 bridgehead atoms. The standard InChI is InChI=1S/C17H23N3O2.2ClH/c1-3-4-6-13(11-18)20-17(21)14-8-9-15(19-12(14)2)16-7-5-10-22-16;;/h5,7-10,13H,3-4,6,11,18H2,1-2H3,(H,20,21);2*1H. The fourth-order valence-electron chi connectivity index (χ4n) is 2.33. The van der Waals surface area contributed by atoms with E-state index < -0.39 is 0 Å². The van der Waals surface area contributed by atoms with E-state index in [4.69, 9.17) is 10.2 Å². The maximum atomic E-state index is 12.4. The Hall–Kier alpha value is -1.56. The molecule has 1 amide bonds. The van der Waals surface area contributed by atoms with Gasteiger partial charge in [0.1, 0.15) is 5.69 Å². The zero-order chi connectivity index (χ0) is 15.9. The molecule has 1 atom stereocenters. The molecule has 0 aliphatic rings. The molecule has 0 radical (unpaired) electrons. The molecule has 0 saturated heterocycles. The van der Waals surface area contributed by atoms with Crippen LogP contribution in [-0.4, -0.2) is 23.5 Å².